The molecule has 0 saturated carbocycles. The van der Waals surface area contributed by atoms with Crippen LogP contribution >= 0.6 is 0 Å². The average Bonchev–Trinajstić information content (AvgIpc) is 2.94. The molecular weight excluding hydrogens is 488 g/mol. The SMILES string of the molecule is CCOC(=O)c1ccnc(Oc2ccc(C=NNc3nc(-c4ccccc4)c(C#N)c(=O)[nH]3)cc2OC)c1. The van der Waals surface area contributed by atoms with Crippen LogP contribution in [0.25, 0.3) is 11.3 Å². The van der Waals surface area contributed by atoms with Gasteiger partial charge in [-0.05, 0) is 36.8 Å². The van der Waals surface area contributed by atoms with E-state index in [0.717, 1.165) is 0 Å². The van der Waals surface area contributed by atoms with Crippen LogP contribution in [0.15, 0.2) is 76.8 Å². The lowest BCUT2D eigenvalue weighted by molar-refractivity contribution is 0.0525. The van der Waals surface area contributed by atoms with E-state index in [9.17, 15) is 14.9 Å². The molecule has 0 radical (unpaired) electrons. The molecule has 2 aromatic heterocycles. The molecule has 2 N–H and O–H groups in total. The smallest absolute Gasteiger partial charge is 0.338 e. The summed E-state index contributed by atoms with van der Waals surface area (Å²) in [6, 6.07) is 18.9. The molecule has 190 valence electrons. The number of nitrogens with one attached hydrogen (secondary N) is 2. The molecule has 4 rings (SSSR count). The second kappa shape index (κ2) is 12.0. The maximum absolute atomic E-state index is 12.4. The number of nitriles is 1. The first kappa shape index (κ1) is 25.6. The van der Waals surface area contributed by atoms with E-state index in [1.54, 1.807) is 49.4 Å². The maximum Gasteiger partial charge on any atom is 0.338 e. The number of H-pyrrole nitrogens is 1. The van der Waals surface area contributed by atoms with E-state index in [-0.39, 0.29) is 29.7 Å². The van der Waals surface area contributed by atoms with Gasteiger partial charge in [0.2, 0.25) is 11.8 Å². The third-order valence-electron chi connectivity index (χ3n) is 5.11. The zero-order valence-electron chi connectivity index (χ0n) is 20.5. The van der Waals surface area contributed by atoms with Gasteiger partial charge in [-0.3, -0.25) is 9.78 Å². The second-order valence-corrected chi connectivity index (χ2v) is 7.60. The van der Waals surface area contributed by atoms with E-state index in [1.165, 1.54) is 31.7 Å². The Balaban J connectivity index is 1.51. The second-order valence-electron chi connectivity index (χ2n) is 7.60. The van der Waals surface area contributed by atoms with Gasteiger partial charge in [0.05, 0.1) is 31.2 Å². The van der Waals surface area contributed by atoms with Gasteiger partial charge in [0.25, 0.3) is 5.56 Å². The van der Waals surface area contributed by atoms with Crippen molar-refractivity contribution in [1.82, 2.24) is 15.0 Å². The molecular formula is C27H22N6O5. The highest BCUT2D eigenvalue weighted by Gasteiger charge is 2.14. The van der Waals surface area contributed by atoms with Crippen molar-refractivity contribution in [3.05, 3.63) is 93.9 Å². The van der Waals surface area contributed by atoms with Crippen molar-refractivity contribution >= 4 is 18.1 Å². The molecule has 2 heterocycles. The molecule has 0 aliphatic carbocycles. The molecule has 0 saturated heterocycles. The molecule has 0 fully saturated rings. The summed E-state index contributed by atoms with van der Waals surface area (Å²) in [6.45, 7) is 1.98. The fraction of sp³-hybridized carbons (Fsp3) is 0.111. The minimum absolute atomic E-state index is 0.0728. The monoisotopic (exact) mass is 510 g/mol. The summed E-state index contributed by atoms with van der Waals surface area (Å²) in [5.74, 6) is 0.565. The number of carbonyl (C=O) groups excluding carboxylic acids is 1. The maximum atomic E-state index is 12.4. The van der Waals surface area contributed by atoms with Crippen molar-refractivity contribution in [3.63, 3.8) is 0 Å². The topological polar surface area (TPSA) is 152 Å². The van der Waals surface area contributed by atoms with Crippen molar-refractivity contribution < 1.29 is 19.0 Å². The van der Waals surface area contributed by atoms with Crippen LogP contribution in [0.3, 0.4) is 0 Å². The normalized spacial score (nSPS) is 10.6. The predicted molar refractivity (Wildman–Crippen MR) is 139 cm³/mol. The Morgan fingerprint density at radius 1 is 1.16 bits per heavy atom. The summed E-state index contributed by atoms with van der Waals surface area (Å²) < 4.78 is 16.2. The number of hydrogen-bond acceptors (Lipinski definition) is 10. The van der Waals surface area contributed by atoms with Crippen LogP contribution in [-0.2, 0) is 4.74 Å². The number of aromatic amines is 1. The number of methoxy groups -OCH3 is 1. The number of pyridine rings is 1. The number of hydrazone groups is 1. The van der Waals surface area contributed by atoms with Crippen LogP contribution < -0.4 is 20.5 Å². The number of ether oxygens (including phenoxy) is 3. The number of carbonyl (C=O) groups is 1. The Labute approximate surface area is 217 Å². The Morgan fingerprint density at radius 3 is 2.71 bits per heavy atom. The molecule has 0 unspecified atom stereocenters. The number of esters is 1. The summed E-state index contributed by atoms with van der Waals surface area (Å²) in [5.41, 5.74) is 3.85. The molecule has 0 aliphatic rings. The standard InChI is InChI=1S/C27H22N6O5/c1-3-37-26(35)19-11-12-29-23(14-19)38-21-10-9-17(13-22(21)36-2)16-30-33-27-31-24(18-7-5-4-6-8-18)20(15-28)25(34)32-27/h4-14,16H,3H2,1-2H3,(H2,31,32,33,34). The first-order valence-electron chi connectivity index (χ1n) is 11.4. The Morgan fingerprint density at radius 2 is 1.97 bits per heavy atom. The highest BCUT2D eigenvalue weighted by molar-refractivity contribution is 5.89. The van der Waals surface area contributed by atoms with Gasteiger partial charge in [-0.2, -0.15) is 10.4 Å². The molecule has 0 bridgehead atoms. The summed E-state index contributed by atoms with van der Waals surface area (Å²) in [6.07, 6.45) is 2.94. The average molecular weight is 511 g/mol. The number of anilines is 1. The number of nitrogens with zero attached hydrogens (tertiary/aromatic N) is 4. The van der Waals surface area contributed by atoms with Crippen LogP contribution in [-0.4, -0.2) is 40.9 Å². The highest BCUT2D eigenvalue weighted by atomic mass is 16.5. The van der Waals surface area contributed by atoms with Gasteiger partial charge in [-0.15, -0.1) is 0 Å². The Bertz CT molecular complexity index is 1580. The van der Waals surface area contributed by atoms with Crippen LogP contribution in [0.1, 0.15) is 28.4 Å². The lowest BCUT2D eigenvalue weighted by Crippen LogP contribution is -2.16. The predicted octanol–water partition coefficient (Wildman–Crippen LogP) is 4.13. The van der Waals surface area contributed by atoms with E-state index in [2.05, 4.69) is 25.5 Å². The van der Waals surface area contributed by atoms with Gasteiger partial charge in [-0.25, -0.2) is 20.2 Å². The molecule has 0 aliphatic heterocycles. The fourth-order valence-electron chi connectivity index (χ4n) is 3.37. The van der Waals surface area contributed by atoms with Crippen molar-refractivity contribution in [3.8, 4) is 34.7 Å². The van der Waals surface area contributed by atoms with Gasteiger partial charge < -0.3 is 14.2 Å². The van der Waals surface area contributed by atoms with E-state index in [1.807, 2.05) is 12.1 Å². The zero-order chi connectivity index (χ0) is 26.9. The lowest BCUT2D eigenvalue weighted by atomic mass is 10.1. The zero-order valence-corrected chi connectivity index (χ0v) is 20.5. The number of benzene rings is 2. The summed E-state index contributed by atoms with van der Waals surface area (Å²) in [7, 11) is 1.49. The number of hydrogen-bond donors (Lipinski definition) is 2. The third kappa shape index (κ3) is 6.00. The molecule has 11 nitrogen and oxygen atoms in total. The first-order valence-corrected chi connectivity index (χ1v) is 11.4. The molecule has 0 amide bonds. The van der Waals surface area contributed by atoms with Crippen molar-refractivity contribution in [2.24, 2.45) is 5.10 Å². The quantitative estimate of drug-likeness (QED) is 0.192. The van der Waals surface area contributed by atoms with Crippen LogP contribution in [0, 0.1) is 11.3 Å². The van der Waals surface area contributed by atoms with Crippen molar-refractivity contribution in [1.29, 1.82) is 5.26 Å². The molecule has 11 heteroatoms. The number of rotatable bonds is 9. The minimum Gasteiger partial charge on any atom is -0.493 e. The van der Waals surface area contributed by atoms with Gasteiger partial charge in [0.15, 0.2) is 11.5 Å². The molecule has 0 atom stereocenters. The molecule has 0 spiro atoms. The third-order valence-corrected chi connectivity index (χ3v) is 5.11. The van der Waals surface area contributed by atoms with E-state index >= 15 is 0 Å². The van der Waals surface area contributed by atoms with E-state index < -0.39 is 11.5 Å². The van der Waals surface area contributed by atoms with Crippen LogP contribution in [0.5, 0.6) is 17.4 Å². The minimum atomic E-state index is -0.581. The summed E-state index contributed by atoms with van der Waals surface area (Å²) in [4.78, 5) is 35.3. The largest absolute Gasteiger partial charge is 0.493 e. The van der Waals surface area contributed by atoms with Crippen LogP contribution in [0.2, 0.25) is 0 Å². The van der Waals surface area contributed by atoms with Gasteiger partial charge in [0.1, 0.15) is 11.6 Å². The summed E-state index contributed by atoms with van der Waals surface area (Å²) in [5, 5.41) is 13.5. The van der Waals surface area contributed by atoms with Gasteiger partial charge in [0, 0.05) is 17.8 Å². The molecule has 4 aromatic rings. The van der Waals surface area contributed by atoms with Gasteiger partial charge in [-0.1, -0.05) is 30.3 Å². The highest BCUT2D eigenvalue weighted by Crippen LogP contribution is 2.31. The number of aromatic nitrogens is 3. The van der Waals surface area contributed by atoms with Crippen molar-refractivity contribution in [2.45, 2.75) is 6.92 Å². The first-order chi connectivity index (χ1) is 18.5. The van der Waals surface area contributed by atoms with Gasteiger partial charge >= 0.3 is 5.97 Å². The summed E-state index contributed by atoms with van der Waals surface area (Å²) >= 11 is 0. The van der Waals surface area contributed by atoms with Crippen molar-refractivity contribution in [2.75, 3.05) is 19.1 Å². The molecule has 38 heavy (non-hydrogen) atoms. The van der Waals surface area contributed by atoms with E-state index in [4.69, 9.17) is 14.2 Å². The van der Waals surface area contributed by atoms with E-state index in [0.29, 0.717) is 28.2 Å². The Hall–Kier alpha value is -5.50. The molecule has 2 aromatic carbocycles. The van der Waals surface area contributed by atoms with Crippen LogP contribution in [0.4, 0.5) is 5.95 Å². The lowest BCUT2D eigenvalue weighted by Gasteiger charge is -2.11. The Kier molecular flexibility index (Phi) is 8.05. The fourth-order valence-corrected chi connectivity index (χ4v) is 3.37.